The molecular weight excluding hydrogens is 678 g/mol. The second-order valence-corrected chi connectivity index (χ2v) is 13.8. The predicted octanol–water partition coefficient (Wildman–Crippen LogP) is 2.99. The minimum atomic E-state index is -2.10. The first-order valence-corrected chi connectivity index (χ1v) is 17.0. The summed E-state index contributed by atoms with van der Waals surface area (Å²) in [6.45, 7) is 11.1. The second-order valence-electron chi connectivity index (χ2n) is 13.8. The highest BCUT2D eigenvalue weighted by Crippen LogP contribution is 2.48. The molecule has 0 saturated heterocycles. The minimum Gasteiger partial charge on any atom is -0.507 e. The maximum Gasteiger partial charge on any atom is 0.312 e. The van der Waals surface area contributed by atoms with Crippen LogP contribution in [-0.2, 0) is 23.8 Å². The van der Waals surface area contributed by atoms with Crippen LogP contribution in [0.3, 0.4) is 0 Å². The smallest absolute Gasteiger partial charge is 0.312 e. The fourth-order valence-electron chi connectivity index (χ4n) is 6.91. The number of ether oxygens (including phenoxy) is 4. The van der Waals surface area contributed by atoms with Crippen LogP contribution in [0.2, 0.25) is 0 Å². The third kappa shape index (κ3) is 7.20. The van der Waals surface area contributed by atoms with Gasteiger partial charge in [0.1, 0.15) is 17.6 Å². The topological polar surface area (TPSA) is 215 Å². The Morgan fingerprint density at radius 3 is 2.19 bits per heavy atom. The Morgan fingerprint density at radius 1 is 0.942 bits per heavy atom. The summed E-state index contributed by atoms with van der Waals surface area (Å²) in [5, 5.41) is 46.4. The molecule has 0 aromatic heterocycles. The molecule has 3 heterocycles. The van der Waals surface area contributed by atoms with Crippen LogP contribution in [0.25, 0.3) is 0 Å². The summed E-state index contributed by atoms with van der Waals surface area (Å²) in [6, 6.07) is 0. The van der Waals surface area contributed by atoms with E-state index in [-0.39, 0.29) is 22.4 Å². The summed E-state index contributed by atoms with van der Waals surface area (Å²) >= 11 is 0. The Kier molecular flexibility index (Phi) is 12.0. The molecule has 1 aliphatic carbocycles. The molecule has 0 saturated carbocycles. The Balaban J connectivity index is 1.88. The summed E-state index contributed by atoms with van der Waals surface area (Å²) in [4.78, 5) is 67.3. The molecule has 0 spiro atoms. The number of benzene rings is 1. The van der Waals surface area contributed by atoms with Gasteiger partial charge in [-0.2, -0.15) is 0 Å². The first kappa shape index (κ1) is 40.1. The lowest BCUT2D eigenvalue weighted by atomic mass is 9.78. The number of rotatable bonds is 3. The molecule has 3 aliphatic heterocycles. The molecule has 14 heteroatoms. The number of phenolic OH excluding ortho intramolecular Hbond substituents is 1. The van der Waals surface area contributed by atoms with Gasteiger partial charge in [0.2, 0.25) is 5.78 Å². The molecule has 5 bridgehead atoms. The number of methoxy groups -OCH3 is 1. The van der Waals surface area contributed by atoms with E-state index >= 15 is 0 Å². The van der Waals surface area contributed by atoms with E-state index in [1.54, 1.807) is 33.8 Å². The standard InChI is InChI=1S/C38H47NO13/c1-16-11-10-12-17(2)37(48)39-28-23(15-40)32(45)25-26(33(28)46)31(44)21(6)35-27(25)36(47)38(8,52-35)50-14-13-24(49-9)18(3)34(51-22(7)41)20(5)30(43)19(4)29(16)42/h10-14,16,18-20,24,29-30,34,40,42-44H,15H2,1-9H3,(H,39,48)/t16-,18+,19-,20-,24+,29-,30-,34+,38-/m0/s1. The quantitative estimate of drug-likeness (QED) is 0.284. The van der Waals surface area contributed by atoms with Crippen LogP contribution in [0.5, 0.6) is 11.5 Å². The van der Waals surface area contributed by atoms with E-state index in [4.69, 9.17) is 18.9 Å². The molecular formula is C38H47NO13. The number of ketones is 3. The number of allylic oxidation sites excluding steroid dienone is 3. The normalized spacial score (nSPS) is 31.6. The first-order chi connectivity index (χ1) is 24.3. The fourth-order valence-corrected chi connectivity index (χ4v) is 6.91. The summed E-state index contributed by atoms with van der Waals surface area (Å²) in [6.07, 6.45) is 3.16. The average Bonchev–Trinajstić information content (AvgIpc) is 3.36. The Morgan fingerprint density at radius 2 is 1.60 bits per heavy atom. The number of fused-ring (bicyclic) bond motifs is 14. The number of Topliss-reactive ketones (excluding diaryl/α,β-unsaturated/α-hetero) is 3. The maximum absolute atomic E-state index is 14.0. The lowest BCUT2D eigenvalue weighted by Gasteiger charge is -2.38. The van der Waals surface area contributed by atoms with Crippen LogP contribution in [0, 0.1) is 30.6 Å². The van der Waals surface area contributed by atoms with E-state index in [2.05, 4.69) is 5.32 Å². The molecule has 0 radical (unpaired) electrons. The minimum absolute atomic E-state index is 0.0462. The number of carbonyl (C=O) groups is 5. The molecule has 4 aliphatic rings. The Labute approximate surface area is 301 Å². The average molecular weight is 726 g/mol. The number of nitrogens with one attached hydrogen (secondary N) is 1. The van der Waals surface area contributed by atoms with Gasteiger partial charge in [0, 0.05) is 55.8 Å². The zero-order valence-corrected chi connectivity index (χ0v) is 30.7. The van der Waals surface area contributed by atoms with Crippen LogP contribution < -0.4 is 10.1 Å². The van der Waals surface area contributed by atoms with Crippen LogP contribution in [0.15, 0.2) is 47.4 Å². The van der Waals surface area contributed by atoms with Gasteiger partial charge in [-0.15, -0.1) is 0 Å². The number of amides is 1. The van der Waals surface area contributed by atoms with Crippen LogP contribution in [0.4, 0.5) is 0 Å². The number of phenols is 1. The number of aliphatic hydroxyl groups excluding tert-OH is 3. The van der Waals surface area contributed by atoms with Crippen molar-refractivity contribution in [2.24, 2.45) is 23.7 Å². The summed E-state index contributed by atoms with van der Waals surface area (Å²) < 4.78 is 23.1. The highest BCUT2D eigenvalue weighted by molar-refractivity contribution is 6.32. The number of aromatic hydroxyl groups is 1. The Hall–Kier alpha value is -4.63. The van der Waals surface area contributed by atoms with Gasteiger partial charge in [-0.25, -0.2) is 0 Å². The van der Waals surface area contributed by atoms with E-state index in [9.17, 15) is 44.4 Å². The van der Waals surface area contributed by atoms with Crippen molar-refractivity contribution < 1.29 is 63.3 Å². The summed E-state index contributed by atoms with van der Waals surface area (Å²) in [7, 11) is 1.40. The summed E-state index contributed by atoms with van der Waals surface area (Å²) in [5.74, 6) is -9.78. The van der Waals surface area contributed by atoms with Gasteiger partial charge in [0.15, 0.2) is 5.78 Å². The third-order valence-corrected chi connectivity index (χ3v) is 10.2. The van der Waals surface area contributed by atoms with Gasteiger partial charge in [0.05, 0.1) is 59.1 Å². The van der Waals surface area contributed by atoms with Gasteiger partial charge in [-0.3, -0.25) is 24.0 Å². The number of hydrogen-bond acceptors (Lipinski definition) is 13. The molecule has 1 aromatic carbocycles. The Bertz CT molecular complexity index is 1790. The van der Waals surface area contributed by atoms with E-state index in [0.717, 1.165) is 6.26 Å². The van der Waals surface area contributed by atoms with Gasteiger partial charge in [-0.1, -0.05) is 45.9 Å². The SMILES string of the molecule is CO[C@@H]1C=CO[C@@]2(C)Oc3c(C)c(O)c4c(c3C2=O)C(=O)C(CO)=C(NC(=O)C(C)=CC=C[C@H](C)[C@H](O)[C@H](C)[C@H](O)[C@H](C)[C@H](OC(C)=O)[C@@H]1C)C4=O. The largest absolute Gasteiger partial charge is 0.507 e. The van der Waals surface area contributed by atoms with Crippen molar-refractivity contribution in [2.45, 2.75) is 85.6 Å². The van der Waals surface area contributed by atoms with Gasteiger partial charge < -0.3 is 44.7 Å². The van der Waals surface area contributed by atoms with Crippen LogP contribution in [-0.4, -0.2) is 93.6 Å². The van der Waals surface area contributed by atoms with Crippen molar-refractivity contribution in [2.75, 3.05) is 13.7 Å². The molecule has 9 atom stereocenters. The third-order valence-electron chi connectivity index (χ3n) is 10.2. The molecule has 5 rings (SSSR count). The highest BCUT2D eigenvalue weighted by atomic mass is 16.7. The summed E-state index contributed by atoms with van der Waals surface area (Å²) in [5.41, 5.74) is -2.42. The first-order valence-electron chi connectivity index (χ1n) is 17.0. The molecule has 0 fully saturated rings. The fraction of sp³-hybridized carbons (Fsp3) is 0.500. The molecule has 14 nitrogen and oxygen atoms in total. The van der Waals surface area contributed by atoms with Crippen molar-refractivity contribution >= 4 is 29.2 Å². The highest BCUT2D eigenvalue weighted by Gasteiger charge is 2.52. The zero-order valence-electron chi connectivity index (χ0n) is 30.7. The number of hydrogen-bond donors (Lipinski definition) is 5. The van der Waals surface area contributed by atoms with Gasteiger partial charge in [0.25, 0.3) is 11.7 Å². The molecule has 52 heavy (non-hydrogen) atoms. The lowest BCUT2D eigenvalue weighted by Crippen LogP contribution is -2.46. The van der Waals surface area contributed by atoms with Crippen molar-refractivity contribution in [1.82, 2.24) is 5.32 Å². The zero-order chi connectivity index (χ0) is 39.0. The number of carbonyl (C=O) groups excluding carboxylic acids is 5. The lowest BCUT2D eigenvalue weighted by molar-refractivity contribution is -0.160. The van der Waals surface area contributed by atoms with Gasteiger partial charge in [-0.05, 0) is 19.9 Å². The number of aliphatic hydroxyl groups is 3. The molecule has 282 valence electrons. The predicted molar refractivity (Wildman–Crippen MR) is 185 cm³/mol. The maximum atomic E-state index is 14.0. The van der Waals surface area contributed by atoms with Crippen LogP contribution in [0.1, 0.15) is 85.1 Å². The van der Waals surface area contributed by atoms with Gasteiger partial charge >= 0.3 is 11.8 Å². The molecule has 1 amide bonds. The van der Waals surface area contributed by atoms with E-state index in [1.807, 2.05) is 0 Å². The van der Waals surface area contributed by atoms with E-state index in [0.29, 0.717) is 0 Å². The second kappa shape index (κ2) is 15.5. The van der Waals surface area contributed by atoms with Crippen molar-refractivity contribution in [1.29, 1.82) is 0 Å². The van der Waals surface area contributed by atoms with Crippen molar-refractivity contribution in [3.63, 3.8) is 0 Å². The van der Waals surface area contributed by atoms with Crippen molar-refractivity contribution in [3.8, 4) is 11.5 Å². The monoisotopic (exact) mass is 725 g/mol. The molecule has 0 unspecified atom stereocenters. The molecule has 1 aromatic rings. The van der Waals surface area contributed by atoms with Crippen molar-refractivity contribution in [3.05, 3.63) is 69.7 Å². The molecule has 5 N–H and O–H groups in total. The van der Waals surface area contributed by atoms with E-state index in [1.165, 1.54) is 53.0 Å². The van der Waals surface area contributed by atoms with E-state index < -0.39 is 118 Å². The number of esters is 1. The van der Waals surface area contributed by atoms with Crippen LogP contribution >= 0.6 is 0 Å².